The van der Waals surface area contributed by atoms with Crippen LogP contribution in [0.5, 0.6) is 0 Å². The van der Waals surface area contributed by atoms with E-state index in [1.807, 2.05) is 43.3 Å². The lowest BCUT2D eigenvalue weighted by Gasteiger charge is -2.43. The van der Waals surface area contributed by atoms with Gasteiger partial charge in [0.2, 0.25) is 0 Å². The van der Waals surface area contributed by atoms with Crippen molar-refractivity contribution < 1.29 is 17.6 Å². The van der Waals surface area contributed by atoms with Gasteiger partial charge in [0.1, 0.15) is 12.1 Å². The lowest BCUT2D eigenvalue weighted by molar-refractivity contribution is 0.140. The summed E-state index contributed by atoms with van der Waals surface area (Å²) in [4.78, 5) is 29.8. The fourth-order valence-corrected chi connectivity index (χ4v) is 9.67. The molecule has 12 nitrogen and oxygen atoms in total. The van der Waals surface area contributed by atoms with Gasteiger partial charge in [-0.1, -0.05) is 62.7 Å². The number of carbonyl (C=O) groups is 1. The molecular weight excluding hydrogens is 741 g/mol. The summed E-state index contributed by atoms with van der Waals surface area (Å²) in [5.41, 5.74) is 4.87. The van der Waals surface area contributed by atoms with Gasteiger partial charge in [-0.05, 0) is 85.9 Å². The molecule has 5 aromatic rings. The highest BCUT2D eigenvalue weighted by atomic mass is 32.2. The number of rotatable bonds is 11. The standard InChI is InChI=1S/C42H54N8O4SSi/c1-31-16-18-34(19-17-31)55(52,53)50-23-20-35-39(43-30-44-40(35)50)49-25-24-48(26-27-54-56(5,6)42(2,3)4)38(29-49)32-12-11-13-33(28-32)45-41(51)46-36-14-7-8-15-37(36)47-21-9-10-22-47/h7-8,11-20,23,28,30,38H,9-10,21-22,24-27,29H2,1-6H3,(H2,45,46,51). The molecule has 1 atom stereocenters. The Bertz CT molecular complexity index is 2280. The van der Waals surface area contributed by atoms with Gasteiger partial charge in [-0.15, -0.1) is 0 Å². The van der Waals surface area contributed by atoms with E-state index < -0.39 is 18.3 Å². The first kappa shape index (κ1) is 39.5. The molecule has 2 aliphatic heterocycles. The number of hydrogen-bond acceptors (Lipinski definition) is 9. The van der Waals surface area contributed by atoms with Crippen LogP contribution in [0.3, 0.4) is 0 Å². The molecule has 2 saturated heterocycles. The molecule has 0 spiro atoms. The van der Waals surface area contributed by atoms with Crippen LogP contribution < -0.4 is 20.4 Å². The Morgan fingerprint density at radius 2 is 1.64 bits per heavy atom. The van der Waals surface area contributed by atoms with Gasteiger partial charge in [0.15, 0.2) is 14.0 Å². The molecule has 3 aromatic carbocycles. The van der Waals surface area contributed by atoms with Gasteiger partial charge in [-0.25, -0.2) is 27.2 Å². The fraction of sp³-hybridized carbons (Fsp3) is 0.405. The third-order valence-electron chi connectivity index (χ3n) is 11.6. The average molecular weight is 795 g/mol. The van der Waals surface area contributed by atoms with Crippen molar-refractivity contribution in [2.75, 3.05) is 66.3 Å². The predicted octanol–water partition coefficient (Wildman–Crippen LogP) is 8.11. The van der Waals surface area contributed by atoms with Crippen LogP contribution in [0, 0.1) is 6.92 Å². The Morgan fingerprint density at radius 3 is 2.39 bits per heavy atom. The fourth-order valence-electron chi connectivity index (χ4n) is 7.34. The van der Waals surface area contributed by atoms with E-state index in [4.69, 9.17) is 9.41 Å². The molecule has 0 bridgehead atoms. The summed E-state index contributed by atoms with van der Waals surface area (Å²) in [6, 6.07) is 24.2. The second-order valence-electron chi connectivity index (χ2n) is 16.4. The molecule has 2 fully saturated rings. The van der Waals surface area contributed by atoms with Crippen LogP contribution in [0.4, 0.5) is 27.7 Å². The number of aryl methyl sites for hydroxylation is 1. The summed E-state index contributed by atoms with van der Waals surface area (Å²) in [5.74, 6) is 0.681. The first-order valence-electron chi connectivity index (χ1n) is 19.5. The van der Waals surface area contributed by atoms with E-state index >= 15 is 0 Å². The zero-order valence-electron chi connectivity index (χ0n) is 33.3. The summed E-state index contributed by atoms with van der Waals surface area (Å²) in [6.07, 6.45) is 5.30. The molecule has 0 saturated carbocycles. The van der Waals surface area contributed by atoms with Crippen LogP contribution in [0.1, 0.15) is 50.8 Å². The van der Waals surface area contributed by atoms with Crippen molar-refractivity contribution in [2.24, 2.45) is 0 Å². The molecule has 2 aromatic heterocycles. The van der Waals surface area contributed by atoms with E-state index in [1.165, 1.54) is 10.3 Å². The van der Waals surface area contributed by atoms with E-state index in [0.29, 0.717) is 42.2 Å². The number of anilines is 4. The van der Waals surface area contributed by atoms with Crippen molar-refractivity contribution in [3.05, 3.63) is 103 Å². The maximum atomic E-state index is 13.7. The Labute approximate surface area is 332 Å². The summed E-state index contributed by atoms with van der Waals surface area (Å²) in [7, 11) is -5.84. The number of urea groups is 1. The van der Waals surface area contributed by atoms with Gasteiger partial charge >= 0.3 is 6.03 Å². The molecule has 2 N–H and O–H groups in total. The minimum atomic E-state index is -3.88. The van der Waals surface area contributed by atoms with Gasteiger partial charge in [0.25, 0.3) is 10.0 Å². The summed E-state index contributed by atoms with van der Waals surface area (Å²) >= 11 is 0. The molecule has 14 heteroatoms. The quantitative estimate of drug-likeness (QED) is 0.128. The second-order valence-corrected chi connectivity index (χ2v) is 23.0. The van der Waals surface area contributed by atoms with E-state index in [2.05, 4.69) is 76.3 Å². The molecule has 7 rings (SSSR count). The van der Waals surface area contributed by atoms with Crippen LogP contribution in [0.2, 0.25) is 18.1 Å². The van der Waals surface area contributed by atoms with Crippen LogP contribution in [-0.4, -0.2) is 87.5 Å². The number of nitrogens with one attached hydrogen (secondary N) is 2. The SMILES string of the molecule is Cc1ccc(S(=O)(=O)n2ccc3c(N4CCN(CCO[Si](C)(C)C(C)(C)C)C(c5cccc(NC(=O)Nc6ccccc6N6CCCC6)c5)C4)ncnc32)cc1. The van der Waals surface area contributed by atoms with Crippen LogP contribution in [0.15, 0.2) is 96.3 Å². The zero-order valence-corrected chi connectivity index (χ0v) is 35.1. The molecular formula is C42H54N8O4SSi. The van der Waals surface area contributed by atoms with Crippen molar-refractivity contribution in [1.82, 2.24) is 18.8 Å². The number of hydrogen-bond donors (Lipinski definition) is 2. The normalized spacial score (nSPS) is 17.1. The minimum absolute atomic E-state index is 0.0733. The van der Waals surface area contributed by atoms with Gasteiger partial charge in [-0.2, -0.15) is 0 Å². The molecule has 296 valence electrons. The largest absolute Gasteiger partial charge is 0.416 e. The van der Waals surface area contributed by atoms with Gasteiger partial charge in [0.05, 0.1) is 27.7 Å². The molecule has 56 heavy (non-hydrogen) atoms. The predicted molar refractivity (Wildman–Crippen MR) is 228 cm³/mol. The number of para-hydroxylation sites is 2. The van der Waals surface area contributed by atoms with Crippen molar-refractivity contribution in [2.45, 2.75) is 69.6 Å². The number of carbonyl (C=O) groups excluding carboxylic acids is 1. The van der Waals surface area contributed by atoms with Crippen LogP contribution in [-0.2, 0) is 14.4 Å². The molecule has 1 unspecified atom stereocenters. The monoisotopic (exact) mass is 794 g/mol. The highest BCUT2D eigenvalue weighted by molar-refractivity contribution is 7.90. The maximum Gasteiger partial charge on any atom is 0.323 e. The van der Waals surface area contributed by atoms with Gasteiger partial charge in [-0.3, -0.25) is 4.90 Å². The molecule has 0 aliphatic carbocycles. The van der Waals surface area contributed by atoms with Gasteiger partial charge < -0.3 is 24.9 Å². The number of benzene rings is 3. The molecule has 4 heterocycles. The summed E-state index contributed by atoms with van der Waals surface area (Å²) < 4.78 is 35.4. The van der Waals surface area contributed by atoms with Crippen LogP contribution in [0.25, 0.3) is 11.0 Å². The Morgan fingerprint density at radius 1 is 0.893 bits per heavy atom. The van der Waals surface area contributed by atoms with Crippen molar-refractivity contribution in [3.63, 3.8) is 0 Å². The number of amides is 2. The smallest absolute Gasteiger partial charge is 0.323 e. The molecule has 2 amide bonds. The topological polar surface area (TPSA) is 125 Å². The lowest BCUT2D eigenvalue weighted by atomic mass is 10.0. The summed E-state index contributed by atoms with van der Waals surface area (Å²) in [6.45, 7) is 18.5. The van der Waals surface area contributed by atoms with E-state index in [9.17, 15) is 13.2 Å². The Balaban J connectivity index is 1.15. The Hall–Kier alpha value is -4.76. The Kier molecular flexibility index (Phi) is 11.3. The van der Waals surface area contributed by atoms with E-state index in [1.54, 1.807) is 36.5 Å². The average Bonchev–Trinajstić information content (AvgIpc) is 3.87. The second kappa shape index (κ2) is 16.0. The zero-order chi connectivity index (χ0) is 39.7. The lowest BCUT2D eigenvalue weighted by Crippen LogP contribution is -2.50. The first-order chi connectivity index (χ1) is 26.7. The molecule has 2 aliphatic rings. The minimum Gasteiger partial charge on any atom is -0.416 e. The van der Waals surface area contributed by atoms with Crippen LogP contribution >= 0.6 is 0 Å². The number of fused-ring (bicyclic) bond motifs is 1. The highest BCUT2D eigenvalue weighted by Crippen LogP contribution is 2.37. The van der Waals surface area contributed by atoms with Gasteiger partial charge in [0, 0.05) is 57.8 Å². The van der Waals surface area contributed by atoms with E-state index in [0.717, 1.165) is 61.5 Å². The third kappa shape index (κ3) is 8.34. The van der Waals surface area contributed by atoms with Crippen molar-refractivity contribution >= 4 is 58.3 Å². The highest BCUT2D eigenvalue weighted by Gasteiger charge is 2.38. The number of piperazine rings is 1. The summed E-state index contributed by atoms with van der Waals surface area (Å²) in [5, 5.41) is 6.93. The number of nitrogens with zero attached hydrogens (tertiary/aromatic N) is 6. The number of aromatic nitrogens is 3. The van der Waals surface area contributed by atoms with Crippen molar-refractivity contribution in [1.29, 1.82) is 0 Å². The van der Waals surface area contributed by atoms with E-state index in [-0.39, 0.29) is 22.0 Å². The first-order valence-corrected chi connectivity index (χ1v) is 23.9. The maximum absolute atomic E-state index is 13.7. The van der Waals surface area contributed by atoms with Crippen molar-refractivity contribution in [3.8, 4) is 0 Å². The third-order valence-corrected chi connectivity index (χ3v) is 17.8. The molecule has 0 radical (unpaired) electrons.